The molecule has 0 unspecified atom stereocenters. The van der Waals surface area contributed by atoms with E-state index < -0.39 is 18.3 Å². The zero-order valence-electron chi connectivity index (χ0n) is 10.4. The van der Waals surface area contributed by atoms with E-state index >= 15 is 0 Å². The first-order valence-corrected chi connectivity index (χ1v) is 5.44. The predicted molar refractivity (Wildman–Crippen MR) is 60.8 cm³/mol. The summed E-state index contributed by atoms with van der Waals surface area (Å²) in [4.78, 5) is 21.8. The smallest absolute Gasteiger partial charge is 0.406 e. The van der Waals surface area contributed by atoms with Gasteiger partial charge in [-0.05, 0) is 6.42 Å². The van der Waals surface area contributed by atoms with Crippen LogP contribution in [-0.2, 0) is 14.2 Å². The largest absolute Gasteiger partial charge is 0.447 e. The van der Waals surface area contributed by atoms with E-state index in [1.807, 2.05) is 6.92 Å². The topological polar surface area (TPSA) is 85.9 Å². The van der Waals surface area contributed by atoms with Gasteiger partial charge in [0.15, 0.2) is 0 Å². The second kappa shape index (κ2) is 9.71. The number of nitrogens with one attached hydrogen (secondary N) is 2. The van der Waals surface area contributed by atoms with Crippen molar-refractivity contribution in [1.82, 2.24) is 10.6 Å². The van der Waals surface area contributed by atoms with E-state index in [1.165, 1.54) is 14.1 Å². The summed E-state index contributed by atoms with van der Waals surface area (Å²) in [6.45, 7) is 2.54. The second-order valence-electron chi connectivity index (χ2n) is 3.19. The van der Waals surface area contributed by atoms with E-state index in [4.69, 9.17) is 14.2 Å². The van der Waals surface area contributed by atoms with Crippen molar-refractivity contribution in [2.45, 2.75) is 19.4 Å². The number of carbonyl (C=O) groups excluding carboxylic acids is 2. The molecule has 7 heteroatoms. The van der Waals surface area contributed by atoms with E-state index in [1.54, 1.807) is 0 Å². The number of amides is 2. The maximum absolute atomic E-state index is 10.9. The van der Waals surface area contributed by atoms with Gasteiger partial charge in [-0.15, -0.1) is 0 Å². The molecule has 0 radical (unpaired) electrons. The van der Waals surface area contributed by atoms with Gasteiger partial charge in [-0.3, -0.25) is 0 Å². The SMILES string of the molecule is CCCOC(COC(=O)NC)COC(=O)NC. The highest BCUT2D eigenvalue weighted by Crippen LogP contribution is 1.97. The van der Waals surface area contributed by atoms with Crippen LogP contribution in [0.4, 0.5) is 9.59 Å². The number of ether oxygens (including phenoxy) is 3. The number of carbonyl (C=O) groups is 2. The molecule has 100 valence electrons. The molecule has 0 bridgehead atoms. The second-order valence-corrected chi connectivity index (χ2v) is 3.19. The first-order valence-electron chi connectivity index (χ1n) is 5.44. The third kappa shape index (κ3) is 8.32. The molecule has 0 heterocycles. The molecule has 0 saturated carbocycles. The van der Waals surface area contributed by atoms with Crippen molar-refractivity contribution >= 4 is 12.2 Å². The Labute approximate surface area is 101 Å². The van der Waals surface area contributed by atoms with Crippen molar-refractivity contribution in [1.29, 1.82) is 0 Å². The summed E-state index contributed by atoms with van der Waals surface area (Å²) in [6.07, 6.45) is -0.717. The van der Waals surface area contributed by atoms with Crippen molar-refractivity contribution < 1.29 is 23.8 Å². The molecular formula is C10H20N2O5. The summed E-state index contributed by atoms with van der Waals surface area (Å²) >= 11 is 0. The number of hydrogen-bond acceptors (Lipinski definition) is 5. The van der Waals surface area contributed by atoms with E-state index in [0.717, 1.165) is 6.42 Å². The lowest BCUT2D eigenvalue weighted by molar-refractivity contribution is -0.0278. The predicted octanol–water partition coefficient (Wildman–Crippen LogP) is 0.494. The molecule has 2 N–H and O–H groups in total. The van der Waals surface area contributed by atoms with Gasteiger partial charge in [0, 0.05) is 20.7 Å². The lowest BCUT2D eigenvalue weighted by atomic mass is 10.4. The van der Waals surface area contributed by atoms with Gasteiger partial charge in [-0.25, -0.2) is 9.59 Å². The Morgan fingerprint density at radius 1 is 1.06 bits per heavy atom. The minimum Gasteiger partial charge on any atom is -0.447 e. The van der Waals surface area contributed by atoms with E-state index in [9.17, 15) is 9.59 Å². The molecule has 0 aliphatic rings. The summed E-state index contributed by atoms with van der Waals surface area (Å²) in [6, 6.07) is 0. The molecule has 0 atom stereocenters. The lowest BCUT2D eigenvalue weighted by Gasteiger charge is -2.17. The van der Waals surface area contributed by atoms with Gasteiger partial charge in [0.2, 0.25) is 0 Å². The zero-order chi connectivity index (χ0) is 13.1. The maximum Gasteiger partial charge on any atom is 0.406 e. The highest BCUT2D eigenvalue weighted by molar-refractivity contribution is 5.67. The van der Waals surface area contributed by atoms with Gasteiger partial charge in [-0.2, -0.15) is 0 Å². The Morgan fingerprint density at radius 2 is 1.53 bits per heavy atom. The number of rotatable bonds is 7. The van der Waals surface area contributed by atoms with Crippen LogP contribution in [0, 0.1) is 0 Å². The Morgan fingerprint density at radius 3 is 1.88 bits per heavy atom. The Balaban J connectivity index is 3.95. The van der Waals surface area contributed by atoms with Crippen molar-refractivity contribution in [3.8, 4) is 0 Å². The average molecular weight is 248 g/mol. The molecule has 7 nitrogen and oxygen atoms in total. The highest BCUT2D eigenvalue weighted by atomic mass is 16.6. The van der Waals surface area contributed by atoms with E-state index in [2.05, 4.69) is 10.6 Å². The van der Waals surface area contributed by atoms with Crippen molar-refractivity contribution in [3.05, 3.63) is 0 Å². The van der Waals surface area contributed by atoms with E-state index in [-0.39, 0.29) is 13.2 Å². The first-order chi connectivity index (χ1) is 8.13. The molecule has 0 fully saturated rings. The number of alkyl carbamates (subject to hydrolysis) is 2. The standard InChI is InChI=1S/C10H20N2O5/c1-4-5-15-8(6-16-9(13)11-2)7-17-10(14)12-3/h8H,4-7H2,1-3H3,(H,11,13)(H,12,14). The molecule has 0 aromatic carbocycles. The van der Waals surface area contributed by atoms with Crippen LogP contribution in [0.3, 0.4) is 0 Å². The molecule has 0 rings (SSSR count). The molecule has 17 heavy (non-hydrogen) atoms. The van der Waals surface area contributed by atoms with Crippen LogP contribution in [0.25, 0.3) is 0 Å². The monoisotopic (exact) mass is 248 g/mol. The van der Waals surface area contributed by atoms with Crippen molar-refractivity contribution in [2.24, 2.45) is 0 Å². The Hall–Kier alpha value is -1.50. The van der Waals surface area contributed by atoms with Gasteiger partial charge in [0.05, 0.1) is 0 Å². The number of hydrogen-bond donors (Lipinski definition) is 2. The molecular weight excluding hydrogens is 228 g/mol. The normalized spacial score (nSPS) is 9.88. The summed E-state index contributed by atoms with van der Waals surface area (Å²) < 4.78 is 15.0. The van der Waals surface area contributed by atoms with Crippen LogP contribution < -0.4 is 10.6 Å². The Bertz CT molecular complexity index is 215. The molecule has 0 aliphatic heterocycles. The van der Waals surface area contributed by atoms with Crippen LogP contribution in [0.15, 0.2) is 0 Å². The summed E-state index contributed by atoms with van der Waals surface area (Å²) in [5.74, 6) is 0. The van der Waals surface area contributed by atoms with E-state index in [0.29, 0.717) is 6.61 Å². The minimum absolute atomic E-state index is 0.0384. The van der Waals surface area contributed by atoms with Gasteiger partial charge < -0.3 is 24.8 Å². The average Bonchev–Trinajstić information content (AvgIpc) is 2.36. The van der Waals surface area contributed by atoms with Crippen LogP contribution in [-0.4, -0.2) is 52.2 Å². The van der Waals surface area contributed by atoms with Crippen molar-refractivity contribution in [3.63, 3.8) is 0 Å². The van der Waals surface area contributed by atoms with Gasteiger partial charge in [0.25, 0.3) is 0 Å². The summed E-state index contributed by atoms with van der Waals surface area (Å²) in [5, 5.41) is 4.63. The quantitative estimate of drug-likeness (QED) is 0.685. The van der Waals surface area contributed by atoms with Crippen molar-refractivity contribution in [2.75, 3.05) is 33.9 Å². The molecule has 2 amide bonds. The highest BCUT2D eigenvalue weighted by Gasteiger charge is 2.14. The van der Waals surface area contributed by atoms with Gasteiger partial charge >= 0.3 is 12.2 Å². The third-order valence-corrected chi connectivity index (χ3v) is 1.77. The molecule has 0 aliphatic carbocycles. The summed E-state index contributed by atoms with van der Waals surface area (Å²) in [5.41, 5.74) is 0. The van der Waals surface area contributed by atoms with Crippen LogP contribution in [0.1, 0.15) is 13.3 Å². The zero-order valence-corrected chi connectivity index (χ0v) is 10.4. The van der Waals surface area contributed by atoms with Crippen LogP contribution >= 0.6 is 0 Å². The lowest BCUT2D eigenvalue weighted by Crippen LogP contribution is -2.32. The van der Waals surface area contributed by atoms with Crippen LogP contribution in [0.5, 0.6) is 0 Å². The van der Waals surface area contributed by atoms with Gasteiger partial charge in [0.1, 0.15) is 19.3 Å². The van der Waals surface area contributed by atoms with Gasteiger partial charge in [-0.1, -0.05) is 6.92 Å². The molecule has 0 aromatic rings. The van der Waals surface area contributed by atoms with Crippen LogP contribution in [0.2, 0.25) is 0 Å². The maximum atomic E-state index is 10.9. The minimum atomic E-state index is -0.546. The molecule has 0 spiro atoms. The Kier molecular flexibility index (Phi) is 8.85. The fourth-order valence-corrected chi connectivity index (χ4v) is 0.910. The fourth-order valence-electron chi connectivity index (χ4n) is 0.910. The molecule has 0 saturated heterocycles. The fraction of sp³-hybridized carbons (Fsp3) is 0.800. The third-order valence-electron chi connectivity index (χ3n) is 1.77. The summed E-state index contributed by atoms with van der Waals surface area (Å²) in [7, 11) is 2.93. The molecule has 0 aromatic heterocycles. The first kappa shape index (κ1) is 15.5.